The normalized spacial score (nSPS) is 15.8. The summed E-state index contributed by atoms with van der Waals surface area (Å²) in [6.45, 7) is 10.7. The van der Waals surface area contributed by atoms with Crippen molar-refractivity contribution < 1.29 is 9.53 Å². The van der Waals surface area contributed by atoms with Crippen LogP contribution in [0.1, 0.15) is 30.2 Å². The fourth-order valence-corrected chi connectivity index (χ4v) is 2.30. The quantitative estimate of drug-likeness (QED) is 0.804. The molecular formula is C15H25N5O2. The summed E-state index contributed by atoms with van der Waals surface area (Å²) in [6, 6.07) is 1.95. The first-order valence-electron chi connectivity index (χ1n) is 7.75. The van der Waals surface area contributed by atoms with E-state index in [9.17, 15) is 4.79 Å². The van der Waals surface area contributed by atoms with E-state index in [1.165, 1.54) is 0 Å². The molecule has 0 bridgehead atoms. The number of nitrogens with zero attached hydrogens (tertiary/aromatic N) is 3. The van der Waals surface area contributed by atoms with Crippen LogP contribution in [0.4, 0.5) is 5.82 Å². The first-order valence-corrected chi connectivity index (χ1v) is 7.75. The van der Waals surface area contributed by atoms with E-state index >= 15 is 0 Å². The summed E-state index contributed by atoms with van der Waals surface area (Å²) in [5.41, 5.74) is 0.401. The molecule has 122 valence electrons. The van der Waals surface area contributed by atoms with Crippen molar-refractivity contribution in [2.75, 3.05) is 44.7 Å². The average Bonchev–Trinajstić information content (AvgIpc) is 2.47. The molecule has 0 unspecified atom stereocenters. The Bertz CT molecular complexity index is 501. The van der Waals surface area contributed by atoms with Gasteiger partial charge in [-0.05, 0) is 20.8 Å². The first kappa shape index (κ1) is 16.6. The van der Waals surface area contributed by atoms with Gasteiger partial charge in [0.2, 0.25) is 0 Å². The molecule has 0 spiro atoms. The molecule has 0 aliphatic carbocycles. The topological polar surface area (TPSA) is 79.4 Å². The number of hydrogen-bond donors (Lipinski definition) is 2. The first-order chi connectivity index (χ1) is 10.5. The molecule has 1 fully saturated rings. The van der Waals surface area contributed by atoms with Crippen molar-refractivity contribution in [3.63, 3.8) is 0 Å². The van der Waals surface area contributed by atoms with Gasteiger partial charge >= 0.3 is 0 Å². The fourth-order valence-electron chi connectivity index (χ4n) is 2.30. The highest BCUT2D eigenvalue weighted by Crippen LogP contribution is 2.08. The Hall–Kier alpha value is -1.73. The summed E-state index contributed by atoms with van der Waals surface area (Å²) >= 11 is 0. The van der Waals surface area contributed by atoms with Crippen LogP contribution in [0.2, 0.25) is 0 Å². The SMILES string of the molecule is Cc1nc(NC(C)C)cc(C(=O)NCCN2CCOCC2)n1. The molecule has 1 saturated heterocycles. The van der Waals surface area contributed by atoms with Gasteiger partial charge in [0.25, 0.3) is 5.91 Å². The second-order valence-electron chi connectivity index (χ2n) is 5.69. The Morgan fingerprint density at radius 2 is 2.09 bits per heavy atom. The number of carbonyl (C=O) groups excluding carboxylic acids is 1. The Balaban J connectivity index is 1.87. The largest absolute Gasteiger partial charge is 0.379 e. The van der Waals surface area contributed by atoms with Crippen LogP contribution in [0.25, 0.3) is 0 Å². The van der Waals surface area contributed by atoms with E-state index in [2.05, 4.69) is 25.5 Å². The monoisotopic (exact) mass is 307 g/mol. The number of anilines is 1. The van der Waals surface area contributed by atoms with E-state index in [0.717, 1.165) is 32.8 Å². The lowest BCUT2D eigenvalue weighted by Gasteiger charge is -2.26. The molecule has 2 N–H and O–H groups in total. The molecule has 1 aromatic rings. The van der Waals surface area contributed by atoms with E-state index in [1.807, 2.05) is 13.8 Å². The summed E-state index contributed by atoms with van der Waals surface area (Å²) in [7, 11) is 0. The number of carbonyl (C=O) groups is 1. The van der Waals surface area contributed by atoms with Crippen molar-refractivity contribution in [1.82, 2.24) is 20.2 Å². The number of nitrogens with one attached hydrogen (secondary N) is 2. The third-order valence-corrected chi connectivity index (χ3v) is 3.32. The van der Waals surface area contributed by atoms with Gasteiger partial charge in [0.05, 0.1) is 13.2 Å². The number of aryl methyl sites for hydroxylation is 1. The molecule has 1 amide bonds. The molecule has 1 aliphatic rings. The Kier molecular flexibility index (Phi) is 6.09. The van der Waals surface area contributed by atoms with E-state index in [0.29, 0.717) is 23.9 Å². The third kappa shape index (κ3) is 5.23. The second-order valence-corrected chi connectivity index (χ2v) is 5.69. The summed E-state index contributed by atoms with van der Waals surface area (Å²) in [5.74, 6) is 1.11. The Morgan fingerprint density at radius 1 is 1.36 bits per heavy atom. The van der Waals surface area contributed by atoms with Crippen molar-refractivity contribution in [2.45, 2.75) is 26.8 Å². The number of amides is 1. The van der Waals surface area contributed by atoms with Crippen molar-refractivity contribution in [1.29, 1.82) is 0 Å². The fraction of sp³-hybridized carbons (Fsp3) is 0.667. The molecular weight excluding hydrogens is 282 g/mol. The predicted molar refractivity (Wildman–Crippen MR) is 85.1 cm³/mol. The van der Waals surface area contributed by atoms with E-state index in [-0.39, 0.29) is 11.9 Å². The molecule has 0 saturated carbocycles. The summed E-state index contributed by atoms with van der Waals surface area (Å²) in [5, 5.41) is 6.11. The molecule has 1 aromatic heterocycles. The number of aromatic nitrogens is 2. The van der Waals surface area contributed by atoms with Crippen LogP contribution in [-0.4, -0.2) is 66.2 Å². The van der Waals surface area contributed by atoms with Crippen LogP contribution < -0.4 is 10.6 Å². The van der Waals surface area contributed by atoms with Crippen LogP contribution in [0, 0.1) is 6.92 Å². The van der Waals surface area contributed by atoms with Gasteiger partial charge in [-0.25, -0.2) is 9.97 Å². The minimum atomic E-state index is -0.162. The Morgan fingerprint density at radius 3 is 2.77 bits per heavy atom. The summed E-state index contributed by atoms with van der Waals surface area (Å²) < 4.78 is 5.30. The number of ether oxygens (including phenoxy) is 1. The standard InChI is InChI=1S/C15H25N5O2/c1-11(2)17-14-10-13(18-12(3)19-14)15(21)16-4-5-20-6-8-22-9-7-20/h10-11H,4-9H2,1-3H3,(H,16,21)(H,17,18,19). The summed E-state index contributed by atoms with van der Waals surface area (Å²) in [4.78, 5) is 23.0. The zero-order chi connectivity index (χ0) is 15.9. The van der Waals surface area contributed by atoms with Gasteiger partial charge in [-0.15, -0.1) is 0 Å². The van der Waals surface area contributed by atoms with Gasteiger partial charge in [0.1, 0.15) is 17.3 Å². The average molecular weight is 307 g/mol. The number of morpholine rings is 1. The highest BCUT2D eigenvalue weighted by Gasteiger charge is 2.13. The number of rotatable bonds is 6. The maximum Gasteiger partial charge on any atom is 0.270 e. The van der Waals surface area contributed by atoms with Crippen LogP contribution in [0.5, 0.6) is 0 Å². The lowest BCUT2D eigenvalue weighted by molar-refractivity contribution is 0.0383. The molecule has 2 rings (SSSR count). The van der Waals surface area contributed by atoms with Crippen LogP contribution in [-0.2, 0) is 4.74 Å². The maximum atomic E-state index is 12.2. The molecule has 2 heterocycles. The van der Waals surface area contributed by atoms with Crippen LogP contribution in [0.3, 0.4) is 0 Å². The van der Waals surface area contributed by atoms with Crippen LogP contribution >= 0.6 is 0 Å². The van der Waals surface area contributed by atoms with E-state index in [4.69, 9.17) is 4.74 Å². The molecule has 0 radical (unpaired) electrons. The second kappa shape index (κ2) is 8.05. The zero-order valence-electron chi connectivity index (χ0n) is 13.6. The van der Waals surface area contributed by atoms with Gasteiger partial charge in [-0.2, -0.15) is 0 Å². The van der Waals surface area contributed by atoms with Gasteiger partial charge in [-0.1, -0.05) is 0 Å². The Labute approximate surface area is 131 Å². The van der Waals surface area contributed by atoms with Gasteiger partial charge in [-0.3, -0.25) is 9.69 Å². The lowest BCUT2D eigenvalue weighted by atomic mass is 10.3. The minimum Gasteiger partial charge on any atom is -0.379 e. The van der Waals surface area contributed by atoms with Crippen LogP contribution in [0.15, 0.2) is 6.07 Å². The van der Waals surface area contributed by atoms with Gasteiger partial charge in [0.15, 0.2) is 0 Å². The molecule has 1 aliphatic heterocycles. The van der Waals surface area contributed by atoms with Gasteiger partial charge in [0, 0.05) is 38.3 Å². The molecule has 0 aromatic carbocycles. The predicted octanol–water partition coefficient (Wildman–Crippen LogP) is 0.667. The van der Waals surface area contributed by atoms with E-state index < -0.39 is 0 Å². The maximum absolute atomic E-state index is 12.2. The highest BCUT2D eigenvalue weighted by molar-refractivity contribution is 5.92. The summed E-state index contributed by atoms with van der Waals surface area (Å²) in [6.07, 6.45) is 0. The molecule has 7 nitrogen and oxygen atoms in total. The van der Waals surface area contributed by atoms with Crippen molar-refractivity contribution in [3.05, 3.63) is 17.6 Å². The van der Waals surface area contributed by atoms with E-state index in [1.54, 1.807) is 13.0 Å². The van der Waals surface area contributed by atoms with Gasteiger partial charge < -0.3 is 15.4 Å². The minimum absolute atomic E-state index is 0.162. The third-order valence-electron chi connectivity index (χ3n) is 3.32. The molecule has 22 heavy (non-hydrogen) atoms. The highest BCUT2D eigenvalue weighted by atomic mass is 16.5. The molecule has 7 heteroatoms. The molecule has 0 atom stereocenters. The van der Waals surface area contributed by atoms with Crippen molar-refractivity contribution in [2.24, 2.45) is 0 Å². The van der Waals surface area contributed by atoms with Crippen molar-refractivity contribution >= 4 is 11.7 Å². The number of hydrogen-bond acceptors (Lipinski definition) is 6. The zero-order valence-corrected chi connectivity index (χ0v) is 13.6. The lowest BCUT2D eigenvalue weighted by Crippen LogP contribution is -2.41. The van der Waals surface area contributed by atoms with Crippen molar-refractivity contribution in [3.8, 4) is 0 Å². The smallest absolute Gasteiger partial charge is 0.270 e.